The number of aromatic nitrogens is 4. The second-order valence-electron chi connectivity index (χ2n) is 5.89. The summed E-state index contributed by atoms with van der Waals surface area (Å²) in [5.74, 6) is 1.36. The van der Waals surface area contributed by atoms with E-state index >= 15 is 0 Å². The minimum atomic E-state index is 0.136. The molecule has 21 heavy (non-hydrogen) atoms. The molecule has 112 valence electrons. The number of halogens is 1. The predicted molar refractivity (Wildman–Crippen MR) is 83.2 cm³/mol. The van der Waals surface area contributed by atoms with Crippen molar-refractivity contribution in [2.45, 2.75) is 19.8 Å². The number of pyridine rings is 1. The molecule has 1 fully saturated rings. The van der Waals surface area contributed by atoms with Crippen LogP contribution in [0, 0.1) is 5.41 Å². The number of nitrogens with zero attached hydrogens (tertiary/aromatic N) is 4. The van der Waals surface area contributed by atoms with Gasteiger partial charge in [-0.3, -0.25) is 10.1 Å². The van der Waals surface area contributed by atoms with Crippen LogP contribution >= 0.6 is 11.6 Å². The van der Waals surface area contributed by atoms with Gasteiger partial charge in [-0.15, -0.1) is 5.10 Å². The van der Waals surface area contributed by atoms with Gasteiger partial charge in [-0.2, -0.15) is 4.98 Å². The lowest BCUT2D eigenvalue weighted by Gasteiger charge is -2.39. The summed E-state index contributed by atoms with van der Waals surface area (Å²) in [5, 5.41) is 7.86. The highest BCUT2D eigenvalue weighted by Gasteiger charge is 2.31. The van der Waals surface area contributed by atoms with Crippen molar-refractivity contribution in [1.29, 1.82) is 0 Å². The summed E-state index contributed by atoms with van der Waals surface area (Å²) in [4.78, 5) is 11.0. The zero-order valence-corrected chi connectivity index (χ0v) is 12.8. The predicted octanol–water partition coefficient (Wildman–Crippen LogP) is 2.09. The van der Waals surface area contributed by atoms with Crippen LogP contribution in [0.3, 0.4) is 0 Å². The van der Waals surface area contributed by atoms with Crippen molar-refractivity contribution in [3.63, 3.8) is 0 Å². The second-order valence-corrected chi connectivity index (χ2v) is 6.32. The third-order valence-electron chi connectivity index (χ3n) is 4.00. The van der Waals surface area contributed by atoms with Gasteiger partial charge in [-0.05, 0) is 36.9 Å². The Kier molecular flexibility index (Phi) is 3.82. The molecule has 3 N–H and O–H groups in total. The van der Waals surface area contributed by atoms with Gasteiger partial charge in [0, 0.05) is 19.3 Å². The summed E-state index contributed by atoms with van der Waals surface area (Å²) in [6, 6.07) is 3.62. The molecule has 3 heterocycles. The minimum Gasteiger partial charge on any atom is -0.339 e. The van der Waals surface area contributed by atoms with E-state index in [9.17, 15) is 0 Å². The maximum Gasteiger partial charge on any atom is 0.245 e. The number of nitrogens with two attached hydrogens (primary N) is 1. The largest absolute Gasteiger partial charge is 0.339 e. The fourth-order valence-corrected chi connectivity index (χ4v) is 2.79. The fourth-order valence-electron chi connectivity index (χ4n) is 2.68. The number of rotatable bonds is 3. The quantitative estimate of drug-likeness (QED) is 0.907. The summed E-state index contributed by atoms with van der Waals surface area (Å²) < 4.78 is 0. The van der Waals surface area contributed by atoms with Crippen LogP contribution in [0.1, 0.15) is 19.8 Å². The van der Waals surface area contributed by atoms with E-state index in [1.54, 1.807) is 12.3 Å². The molecule has 0 aromatic carbocycles. The first-order chi connectivity index (χ1) is 10.1. The van der Waals surface area contributed by atoms with Gasteiger partial charge in [0.2, 0.25) is 5.95 Å². The average molecular weight is 307 g/mol. The maximum atomic E-state index is 5.89. The van der Waals surface area contributed by atoms with Crippen LogP contribution in [0.25, 0.3) is 11.5 Å². The zero-order valence-electron chi connectivity index (χ0n) is 12.0. The first-order valence-corrected chi connectivity index (χ1v) is 7.47. The molecule has 2 aromatic heterocycles. The Morgan fingerprint density at radius 3 is 3.05 bits per heavy atom. The van der Waals surface area contributed by atoms with E-state index in [0.717, 1.165) is 31.6 Å². The lowest BCUT2D eigenvalue weighted by molar-refractivity contribution is 0.270. The molecular formula is C14H19ClN6. The van der Waals surface area contributed by atoms with Gasteiger partial charge in [0.15, 0.2) is 5.82 Å². The Morgan fingerprint density at radius 1 is 1.48 bits per heavy atom. The summed E-state index contributed by atoms with van der Waals surface area (Å²) in [6.45, 7) is 4.74. The maximum absolute atomic E-state index is 5.89. The summed E-state index contributed by atoms with van der Waals surface area (Å²) in [6.07, 6.45) is 3.86. The van der Waals surface area contributed by atoms with Gasteiger partial charge < -0.3 is 10.6 Å². The van der Waals surface area contributed by atoms with Crippen molar-refractivity contribution in [2.24, 2.45) is 11.1 Å². The summed E-state index contributed by atoms with van der Waals surface area (Å²) >= 11 is 5.84. The third-order valence-corrected chi connectivity index (χ3v) is 4.22. The molecule has 1 unspecified atom stereocenters. The molecule has 6 nitrogen and oxygen atoms in total. The first kappa shape index (κ1) is 14.3. The van der Waals surface area contributed by atoms with Crippen LogP contribution in [0.15, 0.2) is 18.3 Å². The van der Waals surface area contributed by atoms with E-state index in [2.05, 4.69) is 32.0 Å². The molecule has 7 heteroatoms. The Bertz CT molecular complexity index is 610. The number of H-pyrrole nitrogens is 1. The molecule has 1 aliphatic rings. The molecule has 1 aliphatic heterocycles. The van der Waals surface area contributed by atoms with Crippen molar-refractivity contribution in [1.82, 2.24) is 20.2 Å². The van der Waals surface area contributed by atoms with Crippen molar-refractivity contribution >= 4 is 17.5 Å². The van der Waals surface area contributed by atoms with Crippen molar-refractivity contribution in [3.05, 3.63) is 23.4 Å². The fraction of sp³-hybridized carbons (Fsp3) is 0.500. The molecule has 0 radical (unpaired) electrons. The van der Waals surface area contributed by atoms with Crippen LogP contribution in [0.5, 0.6) is 0 Å². The minimum absolute atomic E-state index is 0.136. The molecule has 1 saturated heterocycles. The summed E-state index contributed by atoms with van der Waals surface area (Å²) in [5.41, 5.74) is 6.76. The Morgan fingerprint density at radius 2 is 2.33 bits per heavy atom. The number of piperidine rings is 1. The second kappa shape index (κ2) is 5.61. The molecule has 0 spiro atoms. The number of nitrogens with one attached hydrogen (secondary N) is 1. The number of hydrogen-bond acceptors (Lipinski definition) is 5. The smallest absolute Gasteiger partial charge is 0.245 e. The normalized spacial score (nSPS) is 22.5. The van der Waals surface area contributed by atoms with Crippen LogP contribution in [0.4, 0.5) is 5.95 Å². The van der Waals surface area contributed by atoms with E-state index < -0.39 is 0 Å². The molecule has 0 amide bonds. The van der Waals surface area contributed by atoms with Crippen LogP contribution in [-0.4, -0.2) is 39.8 Å². The third kappa shape index (κ3) is 3.01. The van der Waals surface area contributed by atoms with Crippen LogP contribution in [0.2, 0.25) is 5.02 Å². The van der Waals surface area contributed by atoms with Gasteiger partial charge in [0.1, 0.15) is 5.69 Å². The van der Waals surface area contributed by atoms with E-state index in [0.29, 0.717) is 23.3 Å². The van der Waals surface area contributed by atoms with Gasteiger partial charge in [-0.25, -0.2) is 0 Å². The van der Waals surface area contributed by atoms with E-state index in [-0.39, 0.29) is 5.41 Å². The van der Waals surface area contributed by atoms with E-state index in [1.807, 2.05) is 6.07 Å². The van der Waals surface area contributed by atoms with Gasteiger partial charge in [-0.1, -0.05) is 18.5 Å². The lowest BCUT2D eigenvalue weighted by Crippen LogP contribution is -2.46. The highest BCUT2D eigenvalue weighted by atomic mass is 35.5. The molecule has 0 bridgehead atoms. The highest BCUT2D eigenvalue weighted by molar-refractivity contribution is 6.30. The lowest BCUT2D eigenvalue weighted by atomic mass is 9.82. The average Bonchev–Trinajstić information content (AvgIpc) is 2.98. The zero-order chi connectivity index (χ0) is 14.9. The van der Waals surface area contributed by atoms with Gasteiger partial charge in [0.05, 0.1) is 5.02 Å². The van der Waals surface area contributed by atoms with Gasteiger partial charge in [0.25, 0.3) is 0 Å². The number of aromatic amines is 1. The SMILES string of the molecule is CC1(CN)CCCN(c2n[nH]c(-c3ccc(Cl)cn3)n2)C1. The molecule has 0 saturated carbocycles. The highest BCUT2D eigenvalue weighted by Crippen LogP contribution is 2.30. The van der Waals surface area contributed by atoms with Crippen molar-refractivity contribution in [3.8, 4) is 11.5 Å². The van der Waals surface area contributed by atoms with Crippen molar-refractivity contribution in [2.75, 3.05) is 24.5 Å². The molecule has 2 aromatic rings. The van der Waals surface area contributed by atoms with Crippen molar-refractivity contribution < 1.29 is 0 Å². The Labute approximate surface area is 128 Å². The first-order valence-electron chi connectivity index (χ1n) is 7.09. The Hall–Kier alpha value is -1.66. The molecule has 0 aliphatic carbocycles. The number of hydrogen-bond donors (Lipinski definition) is 2. The van der Waals surface area contributed by atoms with Gasteiger partial charge >= 0.3 is 0 Å². The topological polar surface area (TPSA) is 83.7 Å². The molecule has 1 atom stereocenters. The van der Waals surface area contributed by atoms with E-state index in [4.69, 9.17) is 17.3 Å². The van der Waals surface area contributed by atoms with E-state index in [1.165, 1.54) is 0 Å². The van der Waals surface area contributed by atoms with Crippen LogP contribution in [-0.2, 0) is 0 Å². The van der Waals surface area contributed by atoms with Crippen LogP contribution < -0.4 is 10.6 Å². The monoisotopic (exact) mass is 306 g/mol. The number of anilines is 1. The molecule has 3 rings (SSSR count). The summed E-state index contributed by atoms with van der Waals surface area (Å²) in [7, 11) is 0. The standard InChI is InChI=1S/C14H19ClN6/c1-14(8-16)5-2-6-21(9-14)13-18-12(19-20-13)11-4-3-10(15)7-17-11/h3-4,7H,2,5-6,8-9,16H2,1H3,(H,18,19,20). The molecular weight excluding hydrogens is 288 g/mol. The Balaban J connectivity index is 1.80.